The Kier molecular flexibility index (Phi) is 7.62. The summed E-state index contributed by atoms with van der Waals surface area (Å²) in [5.74, 6) is -0.444. The molecule has 0 fully saturated rings. The normalized spacial score (nSPS) is 13.5. The van der Waals surface area contributed by atoms with Crippen LogP contribution in [0.4, 0.5) is 0 Å². The summed E-state index contributed by atoms with van der Waals surface area (Å²) in [5, 5.41) is 16.9. The molecule has 0 saturated carbocycles. The molecule has 1 aromatic heterocycles. The molecule has 1 heterocycles. The van der Waals surface area contributed by atoms with E-state index in [1.54, 1.807) is 22.6 Å². The number of nitrogens with one attached hydrogen (secondary N) is 1. The molecule has 8 nitrogen and oxygen atoms in total. The second-order valence-electron chi connectivity index (χ2n) is 5.96. The Morgan fingerprint density at radius 3 is 2.69 bits per heavy atom. The first-order valence-corrected chi connectivity index (χ1v) is 10.8. The van der Waals surface area contributed by atoms with E-state index in [0.29, 0.717) is 12.3 Å². The average molecular weight is 463 g/mol. The first kappa shape index (κ1) is 20.9. The lowest BCUT2D eigenvalue weighted by Crippen LogP contribution is -2.41. The van der Waals surface area contributed by atoms with Gasteiger partial charge in [0.05, 0.1) is 16.9 Å². The van der Waals surface area contributed by atoms with Crippen molar-refractivity contribution in [2.24, 2.45) is 5.41 Å². The second kappa shape index (κ2) is 9.49. The van der Waals surface area contributed by atoms with Gasteiger partial charge in [0, 0.05) is 27.9 Å². The van der Waals surface area contributed by atoms with E-state index < -0.39 is 22.0 Å². The number of aryl methyl sites for hydroxylation is 1. The minimum atomic E-state index is -2.76. The molecular formula is C15H19BrN4O4S2. The van der Waals surface area contributed by atoms with Crippen molar-refractivity contribution in [3.05, 3.63) is 40.6 Å². The maximum Gasteiger partial charge on any atom is 0.250 e. The number of thioether (sulfide) groups is 1. The molecule has 142 valence electrons. The number of carbonyl (C=O) groups excluding carboxylic acids is 1. The Balaban J connectivity index is 1.94. The van der Waals surface area contributed by atoms with Gasteiger partial charge < -0.3 is 0 Å². The zero-order valence-corrected chi connectivity index (χ0v) is 17.3. The number of rotatable bonds is 9. The van der Waals surface area contributed by atoms with Crippen molar-refractivity contribution in [1.29, 1.82) is 0 Å². The summed E-state index contributed by atoms with van der Waals surface area (Å²) >= 11 is 5.01. The van der Waals surface area contributed by atoms with Crippen molar-refractivity contribution in [1.82, 2.24) is 20.5 Å². The van der Waals surface area contributed by atoms with Crippen molar-refractivity contribution in [3.8, 4) is 0 Å². The van der Waals surface area contributed by atoms with Crippen LogP contribution in [0.2, 0.25) is 0 Å². The molecule has 2 aromatic rings. The van der Waals surface area contributed by atoms with E-state index >= 15 is 0 Å². The van der Waals surface area contributed by atoms with Crippen molar-refractivity contribution < 1.29 is 18.4 Å². The van der Waals surface area contributed by atoms with Crippen LogP contribution in [-0.4, -0.2) is 40.3 Å². The third kappa shape index (κ3) is 6.08. The Morgan fingerprint density at radius 2 is 2.08 bits per heavy atom. The largest absolute Gasteiger partial charge is 0.289 e. The lowest BCUT2D eigenvalue weighted by Gasteiger charge is -2.24. The van der Waals surface area contributed by atoms with E-state index in [0.717, 1.165) is 15.1 Å². The van der Waals surface area contributed by atoms with E-state index in [2.05, 4.69) is 26.2 Å². The van der Waals surface area contributed by atoms with Gasteiger partial charge in [-0.25, -0.2) is 13.9 Å². The molecule has 1 aromatic carbocycles. The minimum absolute atomic E-state index is 0.200. The lowest BCUT2D eigenvalue weighted by atomic mass is 9.88. The third-order valence-electron chi connectivity index (χ3n) is 3.81. The molecule has 0 aliphatic heterocycles. The summed E-state index contributed by atoms with van der Waals surface area (Å²) in [7, 11) is -2.76. The third-order valence-corrected chi connectivity index (χ3v) is 6.34. The van der Waals surface area contributed by atoms with Gasteiger partial charge >= 0.3 is 0 Å². The number of hydrogen-bond donors (Lipinski definition) is 3. The lowest BCUT2D eigenvalue weighted by molar-refractivity contribution is -0.138. The van der Waals surface area contributed by atoms with Crippen LogP contribution < -0.4 is 5.48 Å². The Morgan fingerprint density at radius 1 is 1.38 bits per heavy atom. The molecule has 1 atom stereocenters. The summed E-state index contributed by atoms with van der Waals surface area (Å²) in [5.41, 5.74) is 1.08. The number of hydroxylamine groups is 1. The zero-order valence-electron chi connectivity index (χ0n) is 14.0. The van der Waals surface area contributed by atoms with Gasteiger partial charge in [0.2, 0.25) is 5.91 Å². The zero-order chi connectivity index (χ0) is 19.2. The molecule has 0 saturated heterocycles. The summed E-state index contributed by atoms with van der Waals surface area (Å²) in [6.07, 6.45) is 1.96. The highest BCUT2D eigenvalue weighted by molar-refractivity contribution is 9.10. The summed E-state index contributed by atoms with van der Waals surface area (Å²) < 4.78 is 24.6. The molecule has 0 spiro atoms. The second-order valence-corrected chi connectivity index (χ2v) is 8.90. The van der Waals surface area contributed by atoms with Gasteiger partial charge in [-0.1, -0.05) is 21.1 Å². The number of carbonyl (C=O) groups is 1. The smallest absolute Gasteiger partial charge is 0.250 e. The average Bonchev–Trinajstić information content (AvgIpc) is 3.06. The Hall–Kier alpha value is -1.43. The predicted molar refractivity (Wildman–Crippen MR) is 102 cm³/mol. The van der Waals surface area contributed by atoms with Crippen LogP contribution in [0, 0.1) is 5.41 Å². The fourth-order valence-corrected chi connectivity index (χ4v) is 4.16. The van der Waals surface area contributed by atoms with Crippen LogP contribution in [0.1, 0.15) is 19.0 Å². The van der Waals surface area contributed by atoms with E-state index in [9.17, 15) is 13.2 Å². The fraction of sp³-hybridized carbons (Fsp3) is 0.400. The van der Waals surface area contributed by atoms with Gasteiger partial charge in [-0.3, -0.25) is 14.7 Å². The molecule has 0 bridgehead atoms. The Labute approximate surface area is 165 Å². The topological polar surface area (TPSA) is 114 Å². The number of thiol groups is 1. The van der Waals surface area contributed by atoms with Crippen molar-refractivity contribution in [3.63, 3.8) is 0 Å². The molecular weight excluding hydrogens is 444 g/mol. The van der Waals surface area contributed by atoms with Gasteiger partial charge in [-0.15, -0.1) is 16.9 Å². The highest BCUT2D eigenvalue weighted by Crippen LogP contribution is 2.25. The predicted octanol–water partition coefficient (Wildman–Crippen LogP) is 1.85. The first-order chi connectivity index (χ1) is 12.3. The number of hydrogen-bond acceptors (Lipinski definition) is 7. The number of benzene rings is 1. The van der Waals surface area contributed by atoms with Crippen LogP contribution in [0.3, 0.4) is 0 Å². The fourth-order valence-electron chi connectivity index (χ4n) is 2.25. The number of amides is 1. The molecule has 0 radical (unpaired) electrons. The summed E-state index contributed by atoms with van der Waals surface area (Å²) in [4.78, 5) is 12.9. The Bertz CT molecular complexity index is 817. The summed E-state index contributed by atoms with van der Waals surface area (Å²) in [6, 6.07) is 7.94. The molecule has 2 rings (SSSR count). The van der Waals surface area contributed by atoms with Gasteiger partial charge in [0.1, 0.15) is 10.7 Å². The van der Waals surface area contributed by atoms with Crippen LogP contribution in [0.15, 0.2) is 39.8 Å². The van der Waals surface area contributed by atoms with Gasteiger partial charge in [0.15, 0.2) is 0 Å². The molecule has 26 heavy (non-hydrogen) atoms. The highest BCUT2D eigenvalue weighted by Gasteiger charge is 2.34. The maximum atomic E-state index is 11.8. The minimum Gasteiger partial charge on any atom is -0.289 e. The van der Waals surface area contributed by atoms with Gasteiger partial charge in [-0.05, 0) is 37.6 Å². The van der Waals surface area contributed by atoms with E-state index in [-0.39, 0.29) is 12.2 Å². The van der Waals surface area contributed by atoms with E-state index in [1.807, 2.05) is 24.3 Å². The van der Waals surface area contributed by atoms with Crippen molar-refractivity contribution in [2.45, 2.75) is 30.5 Å². The van der Waals surface area contributed by atoms with Crippen LogP contribution >= 0.6 is 27.7 Å². The maximum absolute atomic E-state index is 11.8. The summed E-state index contributed by atoms with van der Waals surface area (Å²) in [6.45, 7) is 1.80. The standard InChI is InChI=1S/C15H19BrN4O4S2/c1-15(10-26(23)24,14(21)18-22)6-7-20-8-12(17-19-20)9-25-13-4-2-11(16)3-5-13/h2-5,8,22,26H,6-7,9-10H2,1H3,(H,18,21). The van der Waals surface area contributed by atoms with Crippen LogP contribution in [0.5, 0.6) is 0 Å². The van der Waals surface area contributed by atoms with Gasteiger partial charge in [0.25, 0.3) is 0 Å². The van der Waals surface area contributed by atoms with Crippen LogP contribution in [0.25, 0.3) is 0 Å². The first-order valence-electron chi connectivity index (χ1n) is 7.66. The monoisotopic (exact) mass is 462 g/mol. The SMILES string of the molecule is CC(CCn1cc(CSc2ccc(Br)cc2)nn1)(C[SH](=O)=O)C(=O)NO. The number of nitrogens with zero attached hydrogens (tertiary/aromatic N) is 3. The number of aromatic nitrogens is 3. The van der Waals surface area contributed by atoms with E-state index in [4.69, 9.17) is 5.21 Å². The van der Waals surface area contributed by atoms with Crippen molar-refractivity contribution in [2.75, 3.05) is 5.75 Å². The molecule has 1 unspecified atom stereocenters. The highest BCUT2D eigenvalue weighted by atomic mass is 79.9. The van der Waals surface area contributed by atoms with E-state index in [1.165, 1.54) is 12.4 Å². The molecule has 11 heteroatoms. The molecule has 2 N–H and O–H groups in total. The molecule has 1 amide bonds. The number of halogens is 1. The quantitative estimate of drug-likeness (QED) is 0.225. The van der Waals surface area contributed by atoms with Gasteiger partial charge in [-0.2, -0.15) is 0 Å². The molecule has 0 aliphatic carbocycles. The van der Waals surface area contributed by atoms with Crippen molar-refractivity contribution >= 4 is 44.3 Å². The molecule has 0 aliphatic rings. The van der Waals surface area contributed by atoms with Crippen LogP contribution in [-0.2, 0) is 27.8 Å².